The zero-order valence-corrected chi connectivity index (χ0v) is 20.6. The Labute approximate surface area is 206 Å². The van der Waals surface area contributed by atoms with Crippen molar-refractivity contribution in [3.05, 3.63) is 53.1 Å². The SMILES string of the molecule is C[C@]12CC[C@H]3[C@@H](CCC4n5ccnc5C=C[C@@]43C)[C@@H]1CC[C@@H]2C(=O)Nc1cccc(Cl)c1C#N. The molecule has 176 valence electrons. The lowest BCUT2D eigenvalue weighted by Gasteiger charge is -2.59. The fourth-order valence-electron chi connectivity index (χ4n) is 8.41. The molecule has 3 fully saturated rings. The molecule has 6 heteroatoms. The second-order valence-electron chi connectivity index (χ2n) is 11.3. The highest BCUT2D eigenvalue weighted by molar-refractivity contribution is 6.32. The van der Waals surface area contributed by atoms with Crippen LogP contribution in [0, 0.1) is 45.8 Å². The van der Waals surface area contributed by atoms with Gasteiger partial charge in [-0.1, -0.05) is 37.6 Å². The fraction of sp³-hybridized carbons (Fsp3) is 0.536. The second kappa shape index (κ2) is 7.71. The lowest BCUT2D eigenvalue weighted by Crippen LogP contribution is -2.53. The molecule has 0 saturated heterocycles. The van der Waals surface area contributed by atoms with Crippen LogP contribution in [0.2, 0.25) is 5.02 Å². The molecule has 1 aliphatic heterocycles. The van der Waals surface area contributed by atoms with Crippen molar-refractivity contribution in [3.8, 4) is 6.07 Å². The molecule has 5 nitrogen and oxygen atoms in total. The van der Waals surface area contributed by atoms with Gasteiger partial charge in [0.1, 0.15) is 11.9 Å². The van der Waals surface area contributed by atoms with Crippen LogP contribution in [0.4, 0.5) is 5.69 Å². The van der Waals surface area contributed by atoms with Crippen LogP contribution in [0.25, 0.3) is 6.08 Å². The van der Waals surface area contributed by atoms with E-state index >= 15 is 0 Å². The maximum absolute atomic E-state index is 13.5. The predicted octanol–water partition coefficient (Wildman–Crippen LogP) is 6.47. The predicted molar refractivity (Wildman–Crippen MR) is 133 cm³/mol. The zero-order valence-electron chi connectivity index (χ0n) is 19.8. The summed E-state index contributed by atoms with van der Waals surface area (Å²) in [6.07, 6.45) is 15.4. The van der Waals surface area contributed by atoms with E-state index in [2.05, 4.69) is 53.1 Å². The number of imidazole rings is 1. The van der Waals surface area contributed by atoms with E-state index in [4.69, 9.17) is 11.6 Å². The number of halogens is 1. The van der Waals surface area contributed by atoms with E-state index < -0.39 is 0 Å². The molecular weight excluding hydrogens is 444 g/mol. The van der Waals surface area contributed by atoms with Gasteiger partial charge in [-0.05, 0) is 79.9 Å². The second-order valence-corrected chi connectivity index (χ2v) is 11.7. The van der Waals surface area contributed by atoms with Gasteiger partial charge in [-0.3, -0.25) is 4.79 Å². The average molecular weight is 475 g/mol. The summed E-state index contributed by atoms with van der Waals surface area (Å²) in [6, 6.07) is 7.86. The Hall–Kier alpha value is -2.58. The third-order valence-corrected chi connectivity index (χ3v) is 10.4. The Balaban J connectivity index is 1.25. The molecule has 1 unspecified atom stereocenters. The summed E-state index contributed by atoms with van der Waals surface area (Å²) in [5, 5.41) is 13.0. The standard InChI is InChI=1S/C28H31ClN4O/c1-27-12-10-20-17(6-9-24-28(20,2)13-11-25-31-14-15-33(24)25)19(27)7-8-21(27)26(34)32-23-5-3-4-22(29)18(23)16-30/h3-5,11,13-15,17,19-21,24H,6-10,12H2,1-2H3,(H,32,34)/t17-,19-,20-,21+,24?,27-,28+/m0/s1. The number of aromatic nitrogens is 2. The molecule has 1 amide bonds. The lowest BCUT2D eigenvalue weighted by molar-refractivity contribution is -0.127. The Bertz CT molecular complexity index is 1230. The minimum Gasteiger partial charge on any atom is -0.328 e. The first-order valence-corrected chi connectivity index (χ1v) is 13.0. The number of amides is 1. The first-order chi connectivity index (χ1) is 16.4. The van der Waals surface area contributed by atoms with Crippen molar-refractivity contribution in [3.63, 3.8) is 0 Å². The number of anilines is 1. The highest BCUT2D eigenvalue weighted by Crippen LogP contribution is 2.67. The molecule has 1 N–H and O–H groups in total. The van der Waals surface area contributed by atoms with E-state index in [0.717, 1.165) is 31.5 Å². The minimum atomic E-state index is -0.0309. The van der Waals surface area contributed by atoms with Gasteiger partial charge in [0, 0.05) is 29.8 Å². The fourth-order valence-corrected chi connectivity index (χ4v) is 8.62. The molecule has 4 aliphatic rings. The van der Waals surface area contributed by atoms with Crippen LogP contribution in [0.3, 0.4) is 0 Å². The molecule has 2 aromatic rings. The number of benzene rings is 1. The van der Waals surface area contributed by atoms with E-state index in [0.29, 0.717) is 40.1 Å². The van der Waals surface area contributed by atoms with E-state index in [9.17, 15) is 10.1 Å². The first kappa shape index (κ1) is 21.9. The van der Waals surface area contributed by atoms with Crippen molar-refractivity contribution in [2.45, 2.75) is 58.4 Å². The number of nitrogens with zero attached hydrogens (tertiary/aromatic N) is 3. The van der Waals surface area contributed by atoms with Gasteiger partial charge in [-0.15, -0.1) is 0 Å². The molecule has 34 heavy (non-hydrogen) atoms. The smallest absolute Gasteiger partial charge is 0.228 e. The van der Waals surface area contributed by atoms with Gasteiger partial charge in [-0.25, -0.2) is 4.98 Å². The number of nitriles is 1. The number of hydrogen-bond donors (Lipinski definition) is 1. The highest BCUT2D eigenvalue weighted by Gasteiger charge is 2.61. The maximum atomic E-state index is 13.5. The molecule has 0 bridgehead atoms. The molecule has 0 spiro atoms. The normalized spacial score (nSPS) is 37.6. The molecule has 7 atom stereocenters. The average Bonchev–Trinajstić information content (AvgIpc) is 3.43. The van der Waals surface area contributed by atoms with Crippen molar-refractivity contribution in [2.75, 3.05) is 5.32 Å². The van der Waals surface area contributed by atoms with Crippen molar-refractivity contribution in [1.82, 2.24) is 9.55 Å². The van der Waals surface area contributed by atoms with Crippen LogP contribution < -0.4 is 5.32 Å². The van der Waals surface area contributed by atoms with Crippen LogP contribution >= 0.6 is 11.6 Å². The number of nitrogens with one attached hydrogen (secondary N) is 1. The quantitative estimate of drug-likeness (QED) is 0.541. The Morgan fingerprint density at radius 1 is 1.21 bits per heavy atom. The van der Waals surface area contributed by atoms with E-state index in [-0.39, 0.29) is 22.7 Å². The summed E-state index contributed by atoms with van der Waals surface area (Å²) in [7, 11) is 0. The summed E-state index contributed by atoms with van der Waals surface area (Å²) >= 11 is 6.20. The molecular formula is C28H31ClN4O. The van der Waals surface area contributed by atoms with Gasteiger partial charge >= 0.3 is 0 Å². The van der Waals surface area contributed by atoms with Crippen LogP contribution in [0.15, 0.2) is 36.7 Å². The van der Waals surface area contributed by atoms with Gasteiger partial charge in [0.15, 0.2) is 0 Å². The van der Waals surface area contributed by atoms with Crippen molar-refractivity contribution in [2.24, 2.45) is 34.5 Å². The summed E-state index contributed by atoms with van der Waals surface area (Å²) in [5.41, 5.74) is 1.01. The number of allylic oxidation sites excluding steroid dienone is 1. The van der Waals surface area contributed by atoms with Crippen molar-refractivity contribution < 1.29 is 4.79 Å². The van der Waals surface area contributed by atoms with Crippen LogP contribution in [-0.4, -0.2) is 15.5 Å². The molecule has 6 rings (SSSR count). The minimum absolute atomic E-state index is 0.00161. The van der Waals surface area contributed by atoms with Gasteiger partial charge < -0.3 is 9.88 Å². The van der Waals surface area contributed by atoms with Gasteiger partial charge in [0.05, 0.1) is 16.3 Å². The summed E-state index contributed by atoms with van der Waals surface area (Å²) in [5.74, 6) is 2.94. The molecule has 2 heterocycles. The van der Waals surface area contributed by atoms with Gasteiger partial charge in [0.25, 0.3) is 0 Å². The van der Waals surface area contributed by atoms with Crippen LogP contribution in [0.5, 0.6) is 0 Å². The summed E-state index contributed by atoms with van der Waals surface area (Å²) in [6.45, 7) is 4.81. The largest absolute Gasteiger partial charge is 0.328 e. The number of fused-ring (bicyclic) bond motifs is 7. The van der Waals surface area contributed by atoms with E-state index in [1.54, 1.807) is 18.2 Å². The topological polar surface area (TPSA) is 70.7 Å². The number of carbonyl (C=O) groups excluding carboxylic acids is 1. The third-order valence-electron chi connectivity index (χ3n) is 10.1. The molecule has 3 aliphatic carbocycles. The molecule has 1 aromatic heterocycles. The van der Waals surface area contributed by atoms with Crippen molar-refractivity contribution in [1.29, 1.82) is 5.26 Å². The Morgan fingerprint density at radius 3 is 2.88 bits per heavy atom. The van der Waals surface area contributed by atoms with Crippen molar-refractivity contribution >= 4 is 29.3 Å². The van der Waals surface area contributed by atoms with E-state index in [1.807, 2.05) is 6.20 Å². The third kappa shape index (κ3) is 2.97. The first-order valence-electron chi connectivity index (χ1n) is 12.6. The number of carbonyl (C=O) groups is 1. The Kier molecular flexibility index (Phi) is 4.97. The highest BCUT2D eigenvalue weighted by atomic mass is 35.5. The van der Waals surface area contributed by atoms with Crippen LogP contribution in [0.1, 0.15) is 69.8 Å². The number of hydrogen-bond acceptors (Lipinski definition) is 3. The summed E-state index contributed by atoms with van der Waals surface area (Å²) < 4.78 is 2.40. The van der Waals surface area contributed by atoms with Gasteiger partial charge in [0.2, 0.25) is 5.91 Å². The zero-order chi connectivity index (χ0) is 23.7. The molecule has 0 radical (unpaired) electrons. The molecule has 3 saturated carbocycles. The summed E-state index contributed by atoms with van der Waals surface area (Å²) in [4.78, 5) is 18.1. The van der Waals surface area contributed by atoms with Crippen LogP contribution in [-0.2, 0) is 4.79 Å². The monoisotopic (exact) mass is 474 g/mol. The Morgan fingerprint density at radius 2 is 2.06 bits per heavy atom. The van der Waals surface area contributed by atoms with Gasteiger partial charge in [-0.2, -0.15) is 5.26 Å². The lowest BCUT2D eigenvalue weighted by atomic mass is 9.48. The molecule has 1 aromatic carbocycles. The van der Waals surface area contributed by atoms with E-state index in [1.165, 1.54) is 12.8 Å². The maximum Gasteiger partial charge on any atom is 0.228 e. The number of rotatable bonds is 2.